The third-order valence-electron chi connectivity index (χ3n) is 3.14. The maximum absolute atomic E-state index is 12.4. The molecule has 2 aromatic heterocycles. The number of hydrogen-bond acceptors (Lipinski definition) is 5. The van der Waals surface area contributed by atoms with Crippen LogP contribution in [0.15, 0.2) is 37.1 Å². The molecule has 1 amide bonds. The predicted octanol–water partition coefficient (Wildman–Crippen LogP) is 1.65. The van der Waals surface area contributed by atoms with Gasteiger partial charge in [-0.2, -0.15) is 0 Å². The van der Waals surface area contributed by atoms with Crippen LogP contribution in [0.25, 0.3) is 11.3 Å². The molecule has 6 nitrogen and oxygen atoms in total. The van der Waals surface area contributed by atoms with Crippen LogP contribution in [0.5, 0.6) is 0 Å². The summed E-state index contributed by atoms with van der Waals surface area (Å²) in [6.07, 6.45) is 6.39. The molecule has 0 N–H and O–H groups in total. The van der Waals surface area contributed by atoms with Gasteiger partial charge in [0, 0.05) is 50.4 Å². The maximum atomic E-state index is 12.4. The van der Waals surface area contributed by atoms with Gasteiger partial charge in [0.25, 0.3) is 5.91 Å². The molecule has 21 heavy (non-hydrogen) atoms. The van der Waals surface area contributed by atoms with Crippen LogP contribution in [0.2, 0.25) is 0 Å². The second-order valence-corrected chi connectivity index (χ2v) is 4.79. The first-order valence-electron chi connectivity index (χ1n) is 6.61. The van der Waals surface area contributed by atoms with E-state index < -0.39 is 0 Å². The molecule has 0 spiro atoms. The minimum Gasteiger partial charge on any atom is -0.380 e. The molecular formula is C15H18N4O2. The Bertz CT molecular complexity index is 604. The van der Waals surface area contributed by atoms with Crippen molar-refractivity contribution in [1.82, 2.24) is 19.9 Å². The van der Waals surface area contributed by atoms with E-state index in [1.807, 2.05) is 6.92 Å². The van der Waals surface area contributed by atoms with Gasteiger partial charge in [-0.15, -0.1) is 0 Å². The number of likely N-dealkylation sites (N-methyl/N-ethyl adjacent to an activating group) is 1. The fourth-order valence-electron chi connectivity index (χ4n) is 1.92. The van der Waals surface area contributed by atoms with E-state index in [4.69, 9.17) is 4.74 Å². The van der Waals surface area contributed by atoms with Crippen molar-refractivity contribution in [3.8, 4) is 11.3 Å². The van der Waals surface area contributed by atoms with Gasteiger partial charge in [0.1, 0.15) is 6.33 Å². The van der Waals surface area contributed by atoms with Crippen LogP contribution in [0.4, 0.5) is 0 Å². The van der Waals surface area contributed by atoms with Crippen molar-refractivity contribution in [2.24, 2.45) is 0 Å². The Labute approximate surface area is 123 Å². The SMILES string of the molecule is CO[C@H](C)CN(C)C(=O)c1ccnc(-c2cncnc2)c1. The molecule has 0 aliphatic rings. The maximum Gasteiger partial charge on any atom is 0.253 e. The average molecular weight is 286 g/mol. The number of carbonyl (C=O) groups excluding carboxylic acids is 1. The third-order valence-corrected chi connectivity index (χ3v) is 3.14. The molecule has 2 aromatic rings. The van der Waals surface area contributed by atoms with E-state index in [9.17, 15) is 4.79 Å². The first kappa shape index (κ1) is 15.1. The van der Waals surface area contributed by atoms with Gasteiger partial charge in [-0.25, -0.2) is 9.97 Å². The second-order valence-electron chi connectivity index (χ2n) is 4.79. The highest BCUT2D eigenvalue weighted by Crippen LogP contribution is 2.16. The first-order chi connectivity index (χ1) is 10.1. The van der Waals surface area contributed by atoms with E-state index in [0.717, 1.165) is 5.56 Å². The molecule has 0 radical (unpaired) electrons. The Hall–Kier alpha value is -2.34. The summed E-state index contributed by atoms with van der Waals surface area (Å²) in [5.41, 5.74) is 2.03. The molecule has 0 bridgehead atoms. The van der Waals surface area contributed by atoms with Crippen LogP contribution in [-0.4, -0.2) is 52.6 Å². The zero-order valence-electron chi connectivity index (χ0n) is 12.4. The Morgan fingerprint density at radius 3 is 2.76 bits per heavy atom. The molecule has 2 rings (SSSR count). The van der Waals surface area contributed by atoms with Crippen molar-refractivity contribution in [2.75, 3.05) is 20.7 Å². The van der Waals surface area contributed by atoms with E-state index in [1.54, 1.807) is 49.8 Å². The Morgan fingerprint density at radius 2 is 2.10 bits per heavy atom. The van der Waals surface area contributed by atoms with Crippen molar-refractivity contribution in [3.05, 3.63) is 42.6 Å². The van der Waals surface area contributed by atoms with E-state index in [1.165, 1.54) is 6.33 Å². The quantitative estimate of drug-likeness (QED) is 0.836. The standard InChI is InChI=1S/C15H18N4O2/c1-11(21-3)9-19(2)15(20)12-4-5-18-14(6-12)13-7-16-10-17-8-13/h4-8,10-11H,9H2,1-3H3/t11-/m1/s1. The smallest absolute Gasteiger partial charge is 0.253 e. The number of ether oxygens (including phenoxy) is 1. The lowest BCUT2D eigenvalue weighted by atomic mass is 10.1. The van der Waals surface area contributed by atoms with Gasteiger partial charge >= 0.3 is 0 Å². The number of pyridine rings is 1. The van der Waals surface area contributed by atoms with Crippen LogP contribution in [0.3, 0.4) is 0 Å². The Kier molecular flexibility index (Phi) is 4.94. The topological polar surface area (TPSA) is 68.2 Å². The number of methoxy groups -OCH3 is 1. The highest BCUT2D eigenvalue weighted by Gasteiger charge is 2.15. The molecule has 1 atom stereocenters. The molecule has 6 heteroatoms. The lowest BCUT2D eigenvalue weighted by Gasteiger charge is -2.20. The predicted molar refractivity (Wildman–Crippen MR) is 78.7 cm³/mol. The lowest BCUT2D eigenvalue weighted by molar-refractivity contribution is 0.0600. The second kappa shape index (κ2) is 6.90. The molecule has 110 valence electrons. The lowest BCUT2D eigenvalue weighted by Crippen LogP contribution is -2.33. The van der Waals surface area contributed by atoms with Crippen molar-refractivity contribution < 1.29 is 9.53 Å². The monoisotopic (exact) mass is 286 g/mol. The molecule has 0 unspecified atom stereocenters. The van der Waals surface area contributed by atoms with E-state index in [-0.39, 0.29) is 12.0 Å². The number of amides is 1. The van der Waals surface area contributed by atoms with Gasteiger partial charge in [0.05, 0.1) is 11.8 Å². The summed E-state index contributed by atoms with van der Waals surface area (Å²) in [5, 5.41) is 0. The largest absolute Gasteiger partial charge is 0.380 e. The van der Waals surface area contributed by atoms with E-state index in [0.29, 0.717) is 17.8 Å². The minimum absolute atomic E-state index is 0.0113. The van der Waals surface area contributed by atoms with E-state index in [2.05, 4.69) is 15.0 Å². The Morgan fingerprint density at radius 1 is 1.38 bits per heavy atom. The Balaban J connectivity index is 2.19. The van der Waals surface area contributed by atoms with Crippen molar-refractivity contribution in [3.63, 3.8) is 0 Å². The number of nitrogens with zero attached hydrogens (tertiary/aromatic N) is 4. The molecule has 0 aliphatic carbocycles. The van der Waals surface area contributed by atoms with Gasteiger partial charge < -0.3 is 9.64 Å². The fraction of sp³-hybridized carbons (Fsp3) is 0.333. The highest BCUT2D eigenvalue weighted by molar-refractivity contribution is 5.94. The van der Waals surface area contributed by atoms with Crippen LogP contribution in [0.1, 0.15) is 17.3 Å². The molecule has 0 aliphatic heterocycles. The number of carbonyl (C=O) groups is 1. The van der Waals surface area contributed by atoms with Crippen LogP contribution in [0, 0.1) is 0 Å². The zero-order chi connectivity index (χ0) is 15.2. The van der Waals surface area contributed by atoms with Gasteiger partial charge in [-0.3, -0.25) is 9.78 Å². The van der Waals surface area contributed by atoms with E-state index >= 15 is 0 Å². The summed E-state index contributed by atoms with van der Waals surface area (Å²) in [5.74, 6) is -0.0700. The summed E-state index contributed by atoms with van der Waals surface area (Å²) in [6.45, 7) is 2.45. The normalized spacial score (nSPS) is 12.0. The molecular weight excluding hydrogens is 268 g/mol. The molecule has 2 heterocycles. The number of hydrogen-bond donors (Lipinski definition) is 0. The fourth-order valence-corrected chi connectivity index (χ4v) is 1.92. The van der Waals surface area contributed by atoms with Crippen molar-refractivity contribution >= 4 is 5.91 Å². The van der Waals surface area contributed by atoms with Crippen LogP contribution >= 0.6 is 0 Å². The van der Waals surface area contributed by atoms with Crippen LogP contribution < -0.4 is 0 Å². The van der Waals surface area contributed by atoms with Gasteiger partial charge in [-0.1, -0.05) is 0 Å². The molecule has 0 saturated heterocycles. The number of aromatic nitrogens is 3. The highest BCUT2D eigenvalue weighted by atomic mass is 16.5. The molecule has 0 saturated carbocycles. The number of rotatable bonds is 5. The summed E-state index contributed by atoms with van der Waals surface area (Å²) in [6, 6.07) is 3.44. The third kappa shape index (κ3) is 3.82. The zero-order valence-corrected chi connectivity index (χ0v) is 12.4. The summed E-state index contributed by atoms with van der Waals surface area (Å²) in [4.78, 5) is 26.2. The summed E-state index contributed by atoms with van der Waals surface area (Å²) < 4.78 is 5.18. The molecule has 0 fully saturated rings. The average Bonchev–Trinajstić information content (AvgIpc) is 2.54. The van der Waals surface area contributed by atoms with Crippen LogP contribution in [-0.2, 0) is 4.74 Å². The van der Waals surface area contributed by atoms with Gasteiger partial charge in [0.2, 0.25) is 0 Å². The molecule has 0 aromatic carbocycles. The van der Waals surface area contributed by atoms with Gasteiger partial charge in [-0.05, 0) is 19.1 Å². The minimum atomic E-state index is -0.0700. The first-order valence-corrected chi connectivity index (χ1v) is 6.61. The van der Waals surface area contributed by atoms with Crippen molar-refractivity contribution in [1.29, 1.82) is 0 Å². The van der Waals surface area contributed by atoms with Gasteiger partial charge in [0.15, 0.2) is 0 Å². The summed E-state index contributed by atoms with van der Waals surface area (Å²) >= 11 is 0. The summed E-state index contributed by atoms with van der Waals surface area (Å²) in [7, 11) is 3.38. The van der Waals surface area contributed by atoms with Crippen molar-refractivity contribution in [2.45, 2.75) is 13.0 Å².